The zero-order chi connectivity index (χ0) is 17.6. The van der Waals surface area contributed by atoms with Gasteiger partial charge in [0.2, 0.25) is 5.91 Å². The summed E-state index contributed by atoms with van der Waals surface area (Å²) >= 11 is 0. The van der Waals surface area contributed by atoms with Gasteiger partial charge in [-0.3, -0.25) is 9.59 Å². The highest BCUT2D eigenvalue weighted by Crippen LogP contribution is 2.79. The largest absolute Gasteiger partial charge is 0.381 e. The van der Waals surface area contributed by atoms with Crippen LogP contribution in [0.1, 0.15) is 38.5 Å². The van der Waals surface area contributed by atoms with Crippen LogP contribution in [0.5, 0.6) is 0 Å². The first-order chi connectivity index (χ1) is 12.6. The van der Waals surface area contributed by atoms with Crippen molar-refractivity contribution in [2.45, 2.75) is 56.8 Å². The number of nitrogens with zero attached hydrogens (tertiary/aromatic N) is 1. The highest BCUT2D eigenvalue weighted by molar-refractivity contribution is 5.89. The van der Waals surface area contributed by atoms with E-state index in [9.17, 15) is 14.0 Å². The molecule has 3 saturated heterocycles. The minimum atomic E-state index is -1.45. The van der Waals surface area contributed by atoms with Gasteiger partial charge in [-0.05, 0) is 56.3 Å². The van der Waals surface area contributed by atoms with Gasteiger partial charge in [-0.25, -0.2) is 4.39 Å². The molecule has 0 radical (unpaired) electrons. The minimum absolute atomic E-state index is 0.0264. The number of rotatable bonds is 4. The first kappa shape index (κ1) is 15.8. The van der Waals surface area contributed by atoms with Crippen LogP contribution in [0.3, 0.4) is 0 Å². The van der Waals surface area contributed by atoms with Gasteiger partial charge in [0.05, 0.1) is 17.5 Å². The predicted molar refractivity (Wildman–Crippen MR) is 90.7 cm³/mol. The third kappa shape index (κ3) is 1.89. The number of carbonyl (C=O) groups excluding carboxylic acids is 2. The summed E-state index contributed by atoms with van der Waals surface area (Å²) in [6, 6.07) is 0.0707. The van der Waals surface area contributed by atoms with Gasteiger partial charge in [-0.15, -0.1) is 0 Å². The van der Waals surface area contributed by atoms with E-state index in [1.54, 1.807) is 0 Å². The van der Waals surface area contributed by atoms with Crippen LogP contribution in [-0.2, 0) is 14.3 Å². The summed E-state index contributed by atoms with van der Waals surface area (Å²) in [7, 11) is 0. The molecule has 3 unspecified atom stereocenters. The zero-order valence-electron chi connectivity index (χ0n) is 15.0. The van der Waals surface area contributed by atoms with Gasteiger partial charge in [0.25, 0.3) is 5.91 Å². The standard InChI is InChI=1S/C20H27FN2O3/c21-16(11-1-3-26-4-2-11)18(24)22-17-12-7-15(17)23(9-12)19(25)20-8-10-5-13(20)14(20)6-10/h10-17H,1-9H2,(H,22,24)/t10?,12-,13?,14?,15-,16?,17+,20?/m0/s1. The molecule has 0 aromatic carbocycles. The summed E-state index contributed by atoms with van der Waals surface area (Å²) in [5.41, 5.74) is -0.0264. The summed E-state index contributed by atoms with van der Waals surface area (Å²) in [4.78, 5) is 27.7. The van der Waals surface area contributed by atoms with Gasteiger partial charge in [0.1, 0.15) is 0 Å². The van der Waals surface area contributed by atoms with Crippen molar-refractivity contribution < 1.29 is 18.7 Å². The minimum Gasteiger partial charge on any atom is -0.381 e. The Bertz CT molecular complexity index is 651. The predicted octanol–water partition coefficient (Wildman–Crippen LogP) is 1.51. The molecule has 5 saturated carbocycles. The Labute approximate surface area is 153 Å². The SMILES string of the molecule is O=C(N[C@@H]1[C@H]2C[C@@H]1N(C(=O)C13CC4CC1C3C4)C2)C(F)C1CCOCC1. The van der Waals surface area contributed by atoms with E-state index >= 15 is 0 Å². The Morgan fingerprint density at radius 1 is 1.15 bits per heavy atom. The van der Waals surface area contributed by atoms with Crippen LogP contribution in [0.4, 0.5) is 4.39 Å². The van der Waals surface area contributed by atoms with Crippen LogP contribution in [-0.4, -0.2) is 54.7 Å². The fraction of sp³-hybridized carbons (Fsp3) is 0.900. The molecular weight excluding hydrogens is 335 g/mol. The van der Waals surface area contributed by atoms with Crippen molar-refractivity contribution in [3.63, 3.8) is 0 Å². The van der Waals surface area contributed by atoms with Gasteiger partial charge in [0.15, 0.2) is 6.17 Å². The molecule has 0 aromatic rings. The van der Waals surface area contributed by atoms with Gasteiger partial charge in [-0.2, -0.15) is 0 Å². The van der Waals surface area contributed by atoms with E-state index in [1.165, 1.54) is 12.8 Å². The van der Waals surface area contributed by atoms with Crippen LogP contribution >= 0.6 is 0 Å². The fourth-order valence-corrected chi connectivity index (χ4v) is 7.32. The number of nitrogens with one attached hydrogen (secondary N) is 1. The average molecular weight is 362 g/mol. The third-order valence-corrected chi connectivity index (χ3v) is 8.70. The molecule has 8 aliphatic rings. The Hall–Kier alpha value is -1.17. The quantitative estimate of drug-likeness (QED) is 0.825. The lowest BCUT2D eigenvalue weighted by atomic mass is 9.79. The maximum atomic E-state index is 14.6. The molecule has 1 N–H and O–H groups in total. The van der Waals surface area contributed by atoms with Crippen molar-refractivity contribution in [3.8, 4) is 0 Å². The Balaban J connectivity index is 1.10. The average Bonchev–Trinajstić information content (AvgIpc) is 3.32. The zero-order valence-corrected chi connectivity index (χ0v) is 15.0. The van der Waals surface area contributed by atoms with E-state index in [1.807, 2.05) is 0 Å². The van der Waals surface area contributed by atoms with E-state index < -0.39 is 12.1 Å². The van der Waals surface area contributed by atoms with Crippen LogP contribution in [0.2, 0.25) is 0 Å². The fourth-order valence-electron chi connectivity index (χ4n) is 7.32. The van der Waals surface area contributed by atoms with E-state index in [-0.39, 0.29) is 23.4 Å². The Morgan fingerprint density at radius 3 is 2.54 bits per heavy atom. The Kier molecular flexibility index (Phi) is 3.17. The normalized spacial score (nSPS) is 49.0. The molecule has 142 valence electrons. The molecule has 3 heterocycles. The van der Waals surface area contributed by atoms with Crippen LogP contribution in [0.25, 0.3) is 0 Å². The van der Waals surface area contributed by atoms with Crippen molar-refractivity contribution in [2.75, 3.05) is 19.8 Å². The molecule has 6 bridgehead atoms. The lowest BCUT2D eigenvalue weighted by molar-refractivity contribution is -0.139. The second kappa shape index (κ2) is 5.21. The summed E-state index contributed by atoms with van der Waals surface area (Å²) < 4.78 is 19.8. The van der Waals surface area contributed by atoms with Crippen molar-refractivity contribution in [3.05, 3.63) is 0 Å². The lowest BCUT2D eigenvalue weighted by Crippen LogP contribution is -2.57. The topological polar surface area (TPSA) is 58.6 Å². The number of ether oxygens (including phenoxy) is 1. The molecule has 0 spiro atoms. The number of hydrogen-bond donors (Lipinski definition) is 1. The van der Waals surface area contributed by atoms with Crippen molar-refractivity contribution in [1.82, 2.24) is 10.2 Å². The molecule has 6 heteroatoms. The van der Waals surface area contributed by atoms with E-state index in [0.29, 0.717) is 49.7 Å². The van der Waals surface area contributed by atoms with Gasteiger partial charge in [0, 0.05) is 31.6 Å². The molecule has 6 atom stereocenters. The van der Waals surface area contributed by atoms with Crippen LogP contribution in [0.15, 0.2) is 0 Å². The number of hydrogen-bond acceptors (Lipinski definition) is 3. The number of amides is 2. The lowest BCUT2D eigenvalue weighted by Gasteiger charge is -2.38. The number of halogens is 1. The van der Waals surface area contributed by atoms with Crippen LogP contribution < -0.4 is 5.32 Å². The third-order valence-electron chi connectivity index (χ3n) is 8.70. The highest BCUT2D eigenvalue weighted by atomic mass is 19.1. The molecule has 0 aromatic heterocycles. The number of carbonyl (C=O) groups is 2. The van der Waals surface area contributed by atoms with Gasteiger partial charge < -0.3 is 15.0 Å². The van der Waals surface area contributed by atoms with E-state index in [2.05, 4.69) is 10.2 Å². The van der Waals surface area contributed by atoms with E-state index in [0.717, 1.165) is 25.3 Å². The summed E-state index contributed by atoms with van der Waals surface area (Å²) in [5.74, 6) is 2.06. The second-order valence-corrected chi connectivity index (χ2v) is 9.70. The molecule has 3 aliphatic heterocycles. The highest BCUT2D eigenvalue weighted by Gasteiger charge is 2.79. The second-order valence-electron chi connectivity index (χ2n) is 9.70. The van der Waals surface area contributed by atoms with E-state index in [4.69, 9.17) is 4.74 Å². The summed E-state index contributed by atoms with van der Waals surface area (Å²) in [6.07, 6.45) is 4.37. The van der Waals surface area contributed by atoms with Crippen molar-refractivity contribution in [2.24, 2.45) is 35.0 Å². The van der Waals surface area contributed by atoms with Crippen molar-refractivity contribution >= 4 is 11.8 Å². The monoisotopic (exact) mass is 362 g/mol. The molecule has 8 fully saturated rings. The summed E-state index contributed by atoms with van der Waals surface area (Å²) in [6.45, 7) is 1.84. The molecular formula is C20H27FN2O3. The Morgan fingerprint density at radius 2 is 1.88 bits per heavy atom. The number of fused-ring (bicyclic) bond motifs is 1. The van der Waals surface area contributed by atoms with Gasteiger partial charge >= 0.3 is 0 Å². The first-order valence-electron chi connectivity index (χ1n) is 10.4. The van der Waals surface area contributed by atoms with Crippen molar-refractivity contribution in [1.29, 1.82) is 0 Å². The first-order valence-corrected chi connectivity index (χ1v) is 10.4. The smallest absolute Gasteiger partial charge is 0.255 e. The summed E-state index contributed by atoms with van der Waals surface area (Å²) in [5, 5.41) is 2.95. The van der Waals surface area contributed by atoms with Gasteiger partial charge in [-0.1, -0.05) is 0 Å². The molecule has 5 aliphatic carbocycles. The molecule has 2 amide bonds. The molecule has 26 heavy (non-hydrogen) atoms. The number of alkyl halides is 1. The van der Waals surface area contributed by atoms with Crippen LogP contribution in [0, 0.1) is 35.0 Å². The molecule has 8 rings (SSSR count). The molecule has 5 nitrogen and oxygen atoms in total. The maximum Gasteiger partial charge on any atom is 0.255 e. The maximum absolute atomic E-state index is 14.6.